The molecule has 0 rings (SSSR count). The molecule has 0 saturated carbocycles. The van der Waals surface area contributed by atoms with Crippen LogP contribution in [0.15, 0.2) is 0 Å². The molecule has 7 heteroatoms. The number of carbonyl (C=O) groups excluding carboxylic acids is 1. The lowest BCUT2D eigenvalue weighted by Gasteiger charge is -2.09. The molecule has 0 aliphatic rings. The Morgan fingerprint density at radius 1 is 1.43 bits per heavy atom. The molecule has 0 aliphatic carbocycles. The van der Waals surface area contributed by atoms with Gasteiger partial charge in [-0.05, 0) is 13.8 Å². The van der Waals surface area contributed by atoms with Gasteiger partial charge in [-0.2, -0.15) is 0 Å². The van der Waals surface area contributed by atoms with Gasteiger partial charge in [0.2, 0.25) is 15.9 Å². The number of hydrogen-bond donors (Lipinski definition) is 3. The SMILES string of the molecule is CC(C)S(=O)(=O)NCC(=O)NCCN. The summed E-state index contributed by atoms with van der Waals surface area (Å²) in [5.74, 6) is -0.375. The average Bonchev–Trinajstić information content (AvgIpc) is 2.11. The molecule has 0 unspecified atom stereocenters. The molecule has 84 valence electrons. The minimum Gasteiger partial charge on any atom is -0.354 e. The molecule has 0 atom stereocenters. The highest BCUT2D eigenvalue weighted by Gasteiger charge is 2.16. The van der Waals surface area contributed by atoms with Crippen molar-refractivity contribution in [3.05, 3.63) is 0 Å². The van der Waals surface area contributed by atoms with E-state index in [1.54, 1.807) is 13.8 Å². The van der Waals surface area contributed by atoms with Crippen LogP contribution in [0.3, 0.4) is 0 Å². The molecule has 4 N–H and O–H groups in total. The van der Waals surface area contributed by atoms with Crippen LogP contribution in [0, 0.1) is 0 Å². The summed E-state index contributed by atoms with van der Waals surface area (Å²) < 4.78 is 24.6. The Bertz CT molecular complexity index is 274. The maximum absolute atomic E-state index is 11.2. The van der Waals surface area contributed by atoms with Gasteiger partial charge in [0.1, 0.15) is 0 Å². The third-order valence-electron chi connectivity index (χ3n) is 1.52. The summed E-state index contributed by atoms with van der Waals surface area (Å²) in [6.07, 6.45) is 0. The monoisotopic (exact) mass is 223 g/mol. The Kier molecular flexibility index (Phi) is 5.66. The quantitative estimate of drug-likeness (QED) is 0.504. The number of amides is 1. The van der Waals surface area contributed by atoms with Crippen molar-refractivity contribution in [3.8, 4) is 0 Å². The Morgan fingerprint density at radius 2 is 2.00 bits per heavy atom. The van der Waals surface area contributed by atoms with Gasteiger partial charge in [0.15, 0.2) is 0 Å². The van der Waals surface area contributed by atoms with Gasteiger partial charge in [0, 0.05) is 13.1 Å². The fraction of sp³-hybridized carbons (Fsp3) is 0.857. The van der Waals surface area contributed by atoms with Crippen LogP contribution in [-0.4, -0.2) is 39.2 Å². The maximum Gasteiger partial charge on any atom is 0.235 e. The average molecular weight is 223 g/mol. The first-order chi connectivity index (χ1) is 6.40. The van der Waals surface area contributed by atoms with Crippen LogP contribution in [0.4, 0.5) is 0 Å². The molecule has 0 aromatic rings. The summed E-state index contributed by atoms with van der Waals surface area (Å²) in [6.45, 7) is 3.53. The molecule has 0 radical (unpaired) electrons. The van der Waals surface area contributed by atoms with Crippen molar-refractivity contribution < 1.29 is 13.2 Å². The largest absolute Gasteiger partial charge is 0.354 e. The Hall–Kier alpha value is -0.660. The van der Waals surface area contributed by atoms with Crippen LogP contribution in [-0.2, 0) is 14.8 Å². The lowest BCUT2D eigenvalue weighted by atomic mass is 10.5. The van der Waals surface area contributed by atoms with Gasteiger partial charge in [-0.15, -0.1) is 0 Å². The summed E-state index contributed by atoms with van der Waals surface area (Å²) >= 11 is 0. The first-order valence-corrected chi connectivity index (χ1v) is 5.90. The smallest absolute Gasteiger partial charge is 0.235 e. The molecule has 0 spiro atoms. The van der Waals surface area contributed by atoms with Crippen molar-refractivity contribution in [1.29, 1.82) is 0 Å². The van der Waals surface area contributed by atoms with E-state index in [1.807, 2.05) is 0 Å². The zero-order valence-corrected chi connectivity index (χ0v) is 9.23. The number of hydrogen-bond acceptors (Lipinski definition) is 4. The lowest BCUT2D eigenvalue weighted by molar-refractivity contribution is -0.119. The molecule has 14 heavy (non-hydrogen) atoms. The minimum absolute atomic E-state index is 0.236. The Balaban J connectivity index is 3.89. The molecule has 0 fully saturated rings. The fourth-order valence-electron chi connectivity index (χ4n) is 0.607. The van der Waals surface area contributed by atoms with E-state index < -0.39 is 15.3 Å². The molecule has 0 bridgehead atoms. The molecule has 0 aromatic heterocycles. The highest BCUT2D eigenvalue weighted by atomic mass is 32.2. The summed E-state index contributed by atoms with van der Waals surface area (Å²) in [6, 6.07) is 0. The first kappa shape index (κ1) is 13.3. The van der Waals surface area contributed by atoms with E-state index in [0.717, 1.165) is 0 Å². The second-order valence-corrected chi connectivity index (χ2v) is 5.38. The molecule has 0 saturated heterocycles. The van der Waals surface area contributed by atoms with Gasteiger partial charge >= 0.3 is 0 Å². The number of rotatable bonds is 6. The van der Waals surface area contributed by atoms with Crippen LogP contribution in [0.2, 0.25) is 0 Å². The molecule has 1 amide bonds. The number of nitrogens with one attached hydrogen (secondary N) is 2. The van der Waals surface area contributed by atoms with E-state index in [0.29, 0.717) is 13.1 Å². The van der Waals surface area contributed by atoms with Crippen LogP contribution in [0.1, 0.15) is 13.8 Å². The highest BCUT2D eigenvalue weighted by molar-refractivity contribution is 7.90. The van der Waals surface area contributed by atoms with E-state index in [9.17, 15) is 13.2 Å². The van der Waals surface area contributed by atoms with Crippen molar-refractivity contribution in [1.82, 2.24) is 10.0 Å². The van der Waals surface area contributed by atoms with Crippen LogP contribution >= 0.6 is 0 Å². The number of nitrogens with two attached hydrogens (primary N) is 1. The normalized spacial score (nSPS) is 11.7. The van der Waals surface area contributed by atoms with Gasteiger partial charge in [-0.25, -0.2) is 13.1 Å². The predicted octanol–water partition coefficient (Wildman–Crippen LogP) is -1.61. The second kappa shape index (κ2) is 5.94. The van der Waals surface area contributed by atoms with Gasteiger partial charge in [0.25, 0.3) is 0 Å². The van der Waals surface area contributed by atoms with Crippen molar-refractivity contribution in [2.45, 2.75) is 19.1 Å². The summed E-state index contributed by atoms with van der Waals surface area (Å²) in [7, 11) is -3.36. The molecule has 6 nitrogen and oxygen atoms in total. The van der Waals surface area contributed by atoms with Crippen molar-refractivity contribution in [2.75, 3.05) is 19.6 Å². The van der Waals surface area contributed by atoms with E-state index >= 15 is 0 Å². The Morgan fingerprint density at radius 3 is 2.43 bits per heavy atom. The zero-order valence-electron chi connectivity index (χ0n) is 8.41. The zero-order chi connectivity index (χ0) is 11.2. The minimum atomic E-state index is -3.36. The van der Waals surface area contributed by atoms with Gasteiger partial charge in [-0.1, -0.05) is 0 Å². The van der Waals surface area contributed by atoms with Crippen LogP contribution < -0.4 is 15.8 Å². The van der Waals surface area contributed by atoms with Crippen LogP contribution in [0.25, 0.3) is 0 Å². The summed E-state index contributed by atoms with van der Waals surface area (Å²) in [5, 5.41) is 1.92. The lowest BCUT2D eigenvalue weighted by Crippen LogP contribution is -2.40. The van der Waals surface area contributed by atoms with Gasteiger partial charge in [-0.3, -0.25) is 4.79 Å². The Labute approximate surface area is 84.3 Å². The topological polar surface area (TPSA) is 101 Å². The fourth-order valence-corrected chi connectivity index (χ4v) is 1.27. The van der Waals surface area contributed by atoms with Gasteiger partial charge in [0.05, 0.1) is 11.8 Å². The van der Waals surface area contributed by atoms with E-state index in [2.05, 4.69) is 10.0 Å². The molecule has 0 aliphatic heterocycles. The standard InChI is InChI=1S/C7H17N3O3S/c1-6(2)14(12,13)10-5-7(11)9-4-3-8/h6,10H,3-5,8H2,1-2H3,(H,9,11). The third kappa shape index (κ3) is 5.15. The number of sulfonamides is 1. The highest BCUT2D eigenvalue weighted by Crippen LogP contribution is 1.94. The van der Waals surface area contributed by atoms with E-state index in [1.165, 1.54) is 0 Å². The number of carbonyl (C=O) groups is 1. The molecular weight excluding hydrogens is 206 g/mol. The molecule has 0 aromatic carbocycles. The summed E-state index contributed by atoms with van der Waals surface area (Å²) in [4.78, 5) is 11.0. The van der Waals surface area contributed by atoms with E-state index in [-0.39, 0.29) is 12.5 Å². The van der Waals surface area contributed by atoms with Crippen molar-refractivity contribution in [3.63, 3.8) is 0 Å². The third-order valence-corrected chi connectivity index (χ3v) is 3.31. The first-order valence-electron chi connectivity index (χ1n) is 4.35. The van der Waals surface area contributed by atoms with Crippen molar-refractivity contribution >= 4 is 15.9 Å². The second-order valence-electron chi connectivity index (χ2n) is 3.05. The predicted molar refractivity (Wildman–Crippen MR) is 54.1 cm³/mol. The maximum atomic E-state index is 11.2. The van der Waals surface area contributed by atoms with Crippen LogP contribution in [0.5, 0.6) is 0 Å². The van der Waals surface area contributed by atoms with Crippen molar-refractivity contribution in [2.24, 2.45) is 5.73 Å². The summed E-state index contributed by atoms with van der Waals surface area (Å²) in [5.41, 5.74) is 5.15. The molecule has 0 heterocycles. The van der Waals surface area contributed by atoms with E-state index in [4.69, 9.17) is 5.73 Å². The molecular formula is C7H17N3O3S. The van der Waals surface area contributed by atoms with Gasteiger partial charge < -0.3 is 11.1 Å².